The van der Waals surface area contributed by atoms with Crippen molar-refractivity contribution in [2.75, 3.05) is 5.32 Å². The van der Waals surface area contributed by atoms with E-state index in [1.165, 1.54) is 0 Å². The third-order valence-electron chi connectivity index (χ3n) is 2.48. The largest absolute Gasteiger partial charge is 0.409 e. The molecule has 0 saturated heterocycles. The summed E-state index contributed by atoms with van der Waals surface area (Å²) in [7, 11) is 0. The smallest absolute Gasteiger partial charge is 0.319 e. The quantitative estimate of drug-likeness (QED) is 0.290. The topological polar surface area (TPSA) is 99.7 Å². The fourth-order valence-corrected chi connectivity index (χ4v) is 2.13. The minimum absolute atomic E-state index is 0.0499. The molecule has 1 aromatic carbocycles. The van der Waals surface area contributed by atoms with E-state index in [4.69, 9.17) is 34.1 Å². The van der Waals surface area contributed by atoms with Crippen LogP contribution in [0.5, 0.6) is 0 Å². The highest BCUT2D eigenvalue weighted by Crippen LogP contribution is 2.22. The van der Waals surface area contributed by atoms with E-state index >= 15 is 0 Å². The van der Waals surface area contributed by atoms with Gasteiger partial charge in [-0.25, -0.2) is 4.79 Å². The second kappa shape index (κ2) is 7.81. The highest BCUT2D eigenvalue weighted by Gasteiger charge is 2.16. The molecular weight excluding hydrogens is 303 g/mol. The Balaban J connectivity index is 2.70. The van der Waals surface area contributed by atoms with Crippen LogP contribution in [0.2, 0.25) is 10.0 Å². The highest BCUT2D eigenvalue weighted by molar-refractivity contribution is 6.35. The van der Waals surface area contributed by atoms with E-state index in [0.717, 1.165) is 6.42 Å². The zero-order chi connectivity index (χ0) is 15.1. The summed E-state index contributed by atoms with van der Waals surface area (Å²) in [6, 6.07) is 3.65. The fourth-order valence-electron chi connectivity index (χ4n) is 1.60. The maximum Gasteiger partial charge on any atom is 0.319 e. The summed E-state index contributed by atoms with van der Waals surface area (Å²) >= 11 is 11.7. The van der Waals surface area contributed by atoms with Gasteiger partial charge in [0.25, 0.3) is 0 Å². The summed E-state index contributed by atoms with van der Waals surface area (Å²) in [5.74, 6) is -0.0499. The van der Waals surface area contributed by atoms with E-state index < -0.39 is 12.1 Å². The van der Waals surface area contributed by atoms with Crippen LogP contribution in [-0.2, 0) is 0 Å². The van der Waals surface area contributed by atoms with Gasteiger partial charge in [0.1, 0.15) is 0 Å². The molecule has 1 atom stereocenters. The summed E-state index contributed by atoms with van der Waals surface area (Å²) < 4.78 is 0. The number of oxime groups is 1. The lowest BCUT2D eigenvalue weighted by Gasteiger charge is -2.17. The van der Waals surface area contributed by atoms with Crippen LogP contribution in [0.1, 0.15) is 19.8 Å². The van der Waals surface area contributed by atoms with E-state index in [1.54, 1.807) is 18.2 Å². The molecule has 0 aliphatic heterocycles. The van der Waals surface area contributed by atoms with Crippen molar-refractivity contribution in [3.63, 3.8) is 0 Å². The molecular formula is C12H16Cl2N4O2. The zero-order valence-electron chi connectivity index (χ0n) is 10.9. The molecule has 0 bridgehead atoms. The molecule has 2 amide bonds. The minimum atomic E-state index is -0.542. The number of nitrogens with one attached hydrogen (secondary N) is 2. The molecule has 8 heteroatoms. The summed E-state index contributed by atoms with van der Waals surface area (Å²) in [6.45, 7) is 1.92. The van der Waals surface area contributed by atoms with Crippen LogP contribution in [0.4, 0.5) is 10.5 Å². The van der Waals surface area contributed by atoms with Crippen LogP contribution in [-0.4, -0.2) is 23.1 Å². The van der Waals surface area contributed by atoms with Gasteiger partial charge in [-0.2, -0.15) is 0 Å². The summed E-state index contributed by atoms with van der Waals surface area (Å²) in [6.07, 6.45) is 1.32. The normalized spacial score (nSPS) is 12.8. The minimum Gasteiger partial charge on any atom is -0.409 e. The van der Waals surface area contributed by atoms with Gasteiger partial charge >= 0.3 is 6.03 Å². The van der Waals surface area contributed by atoms with Crippen molar-refractivity contribution in [2.24, 2.45) is 10.9 Å². The van der Waals surface area contributed by atoms with Crippen molar-refractivity contribution >= 4 is 40.8 Å². The van der Waals surface area contributed by atoms with Gasteiger partial charge < -0.3 is 21.6 Å². The van der Waals surface area contributed by atoms with Crippen molar-refractivity contribution in [1.29, 1.82) is 0 Å². The molecule has 0 spiro atoms. The average Bonchev–Trinajstić information content (AvgIpc) is 2.35. The zero-order valence-corrected chi connectivity index (χ0v) is 12.4. The Kier molecular flexibility index (Phi) is 6.41. The number of hydrogen-bond donors (Lipinski definition) is 4. The summed E-state index contributed by atoms with van der Waals surface area (Å²) in [5, 5.41) is 17.6. The number of benzene rings is 1. The molecule has 0 aliphatic rings. The molecule has 5 N–H and O–H groups in total. The Morgan fingerprint density at radius 3 is 2.50 bits per heavy atom. The van der Waals surface area contributed by atoms with Crippen molar-refractivity contribution in [2.45, 2.75) is 25.8 Å². The molecule has 0 fully saturated rings. The van der Waals surface area contributed by atoms with Gasteiger partial charge in [-0.1, -0.05) is 41.7 Å². The molecule has 0 aliphatic carbocycles. The second-order valence-corrected chi connectivity index (χ2v) is 5.00. The first-order valence-electron chi connectivity index (χ1n) is 5.97. The number of anilines is 1. The van der Waals surface area contributed by atoms with Crippen molar-refractivity contribution < 1.29 is 10.0 Å². The monoisotopic (exact) mass is 318 g/mol. The summed E-state index contributed by atoms with van der Waals surface area (Å²) in [4.78, 5) is 11.8. The van der Waals surface area contributed by atoms with E-state index in [1.807, 2.05) is 6.92 Å². The number of hydrogen-bond acceptors (Lipinski definition) is 3. The van der Waals surface area contributed by atoms with E-state index in [9.17, 15) is 4.79 Å². The van der Waals surface area contributed by atoms with Crippen LogP contribution >= 0.6 is 23.2 Å². The Bertz CT molecular complexity index is 488. The Labute approximate surface area is 126 Å². The molecule has 110 valence electrons. The lowest BCUT2D eigenvalue weighted by molar-refractivity contribution is 0.250. The van der Waals surface area contributed by atoms with Crippen molar-refractivity contribution in [1.82, 2.24) is 5.32 Å². The van der Waals surface area contributed by atoms with Crippen LogP contribution in [0.25, 0.3) is 0 Å². The first-order chi connectivity index (χ1) is 9.46. The van der Waals surface area contributed by atoms with Gasteiger partial charge in [-0.05, 0) is 24.6 Å². The van der Waals surface area contributed by atoms with Gasteiger partial charge in [-0.3, -0.25) is 0 Å². The number of amidine groups is 1. The third kappa shape index (κ3) is 5.14. The predicted octanol–water partition coefficient (Wildman–Crippen LogP) is 3.03. The average molecular weight is 319 g/mol. The number of amides is 2. The van der Waals surface area contributed by atoms with Crippen LogP contribution < -0.4 is 16.4 Å². The Hall–Kier alpha value is -1.66. The summed E-state index contributed by atoms with van der Waals surface area (Å²) in [5.41, 5.74) is 5.96. The van der Waals surface area contributed by atoms with Crippen LogP contribution in [0.3, 0.4) is 0 Å². The van der Waals surface area contributed by atoms with Crippen LogP contribution in [0.15, 0.2) is 23.4 Å². The number of nitrogens with zero attached hydrogens (tertiary/aromatic N) is 1. The van der Waals surface area contributed by atoms with Gasteiger partial charge in [0.15, 0.2) is 5.84 Å². The molecule has 0 saturated carbocycles. The van der Waals surface area contributed by atoms with Crippen molar-refractivity contribution in [3.05, 3.63) is 28.2 Å². The first kappa shape index (κ1) is 16.4. The number of carbonyl (C=O) groups is 1. The molecule has 1 rings (SSSR count). The SMILES string of the molecule is CCCC(NC(=O)Nc1cc(Cl)cc(Cl)c1)/C(N)=N/O. The maximum atomic E-state index is 11.8. The molecule has 1 unspecified atom stereocenters. The standard InChI is InChI=1S/C12H16Cl2N4O2/c1-2-3-10(11(15)18-20)17-12(19)16-9-5-7(13)4-8(14)6-9/h4-6,10,20H,2-3H2,1H3,(H2,15,18)(H2,16,17,19). The van der Waals surface area contributed by atoms with E-state index in [2.05, 4.69) is 15.8 Å². The van der Waals surface area contributed by atoms with Crippen molar-refractivity contribution in [3.8, 4) is 0 Å². The molecule has 1 aromatic rings. The number of rotatable bonds is 5. The third-order valence-corrected chi connectivity index (χ3v) is 2.91. The number of urea groups is 1. The van der Waals surface area contributed by atoms with Gasteiger partial charge in [0.05, 0.1) is 6.04 Å². The highest BCUT2D eigenvalue weighted by atomic mass is 35.5. The molecule has 0 aromatic heterocycles. The van der Waals surface area contributed by atoms with Gasteiger partial charge in [0, 0.05) is 15.7 Å². The predicted molar refractivity (Wildman–Crippen MR) is 80.7 cm³/mol. The van der Waals surface area contributed by atoms with Gasteiger partial charge in [0.2, 0.25) is 0 Å². The molecule has 20 heavy (non-hydrogen) atoms. The van der Waals surface area contributed by atoms with E-state index in [-0.39, 0.29) is 5.84 Å². The Morgan fingerprint density at radius 2 is 2.00 bits per heavy atom. The maximum absolute atomic E-state index is 11.8. The number of carbonyl (C=O) groups excluding carboxylic acids is 1. The number of halogens is 2. The molecule has 0 heterocycles. The van der Waals surface area contributed by atoms with Gasteiger partial charge in [-0.15, -0.1) is 0 Å². The molecule has 0 radical (unpaired) electrons. The lowest BCUT2D eigenvalue weighted by Crippen LogP contribution is -2.46. The molecule has 6 nitrogen and oxygen atoms in total. The first-order valence-corrected chi connectivity index (χ1v) is 6.73. The lowest BCUT2D eigenvalue weighted by atomic mass is 10.1. The number of nitrogens with two attached hydrogens (primary N) is 1. The fraction of sp³-hybridized carbons (Fsp3) is 0.333. The second-order valence-electron chi connectivity index (χ2n) is 4.12. The van der Waals surface area contributed by atoms with Crippen LogP contribution in [0, 0.1) is 0 Å². The Morgan fingerprint density at radius 1 is 1.40 bits per heavy atom. The van der Waals surface area contributed by atoms with E-state index in [0.29, 0.717) is 22.2 Å².